The van der Waals surface area contributed by atoms with E-state index in [0.717, 1.165) is 24.8 Å². The minimum Gasteiger partial charge on any atom is -0.458 e. The molecule has 0 aromatic heterocycles. The molecule has 2 aliphatic carbocycles. The van der Waals surface area contributed by atoms with Gasteiger partial charge in [-0.05, 0) is 37.5 Å². The Labute approximate surface area is 118 Å². The monoisotopic (exact) mass is 270 g/mol. The minimum atomic E-state index is -0.269. The van der Waals surface area contributed by atoms with Crippen molar-refractivity contribution in [2.45, 2.75) is 38.7 Å². The summed E-state index contributed by atoms with van der Waals surface area (Å²) in [6.07, 6.45) is 4.65. The number of hydrogen-bond acceptors (Lipinski definition) is 3. The molecule has 1 aromatic carbocycles. The van der Waals surface area contributed by atoms with Gasteiger partial charge in [-0.3, -0.25) is 4.79 Å². The number of carbonyl (C=O) groups is 2. The van der Waals surface area contributed by atoms with Crippen molar-refractivity contribution in [3.8, 4) is 0 Å². The topological polar surface area (TPSA) is 43.4 Å². The van der Waals surface area contributed by atoms with E-state index in [9.17, 15) is 9.59 Å². The Kier molecular flexibility index (Phi) is 3.20. The van der Waals surface area contributed by atoms with E-state index in [1.807, 2.05) is 18.2 Å². The van der Waals surface area contributed by atoms with Crippen molar-refractivity contribution in [3.63, 3.8) is 0 Å². The highest BCUT2D eigenvalue weighted by Gasteiger charge is 2.47. The molecule has 0 bridgehead atoms. The first-order valence-corrected chi connectivity index (χ1v) is 7.09. The fourth-order valence-electron chi connectivity index (χ4n) is 3.27. The Morgan fingerprint density at radius 3 is 2.75 bits per heavy atom. The van der Waals surface area contributed by atoms with Crippen molar-refractivity contribution in [1.82, 2.24) is 0 Å². The lowest BCUT2D eigenvalue weighted by Crippen LogP contribution is -2.35. The summed E-state index contributed by atoms with van der Waals surface area (Å²) in [5.41, 5.74) is 1.58. The number of esters is 1. The van der Waals surface area contributed by atoms with Gasteiger partial charge in [0.2, 0.25) is 0 Å². The second kappa shape index (κ2) is 4.89. The standard InChI is InChI=1S/C17H18O3/c1-17-10-9-14(18)11-13(17)7-8-15(17)20-16(19)12-5-3-2-4-6-12/h2-6,11,15H,7-10H2,1H3/t15-,17-/m0/s1. The van der Waals surface area contributed by atoms with Crippen LogP contribution in [0.15, 0.2) is 42.0 Å². The lowest BCUT2D eigenvalue weighted by atomic mass is 9.74. The van der Waals surface area contributed by atoms with Gasteiger partial charge >= 0.3 is 5.97 Å². The molecule has 104 valence electrons. The van der Waals surface area contributed by atoms with Gasteiger partial charge in [-0.25, -0.2) is 4.79 Å². The average Bonchev–Trinajstić information content (AvgIpc) is 2.77. The molecule has 0 heterocycles. The van der Waals surface area contributed by atoms with Crippen LogP contribution < -0.4 is 0 Å². The van der Waals surface area contributed by atoms with E-state index in [1.165, 1.54) is 0 Å². The number of benzene rings is 1. The normalized spacial score (nSPS) is 28.8. The van der Waals surface area contributed by atoms with Gasteiger partial charge in [-0.1, -0.05) is 30.7 Å². The van der Waals surface area contributed by atoms with E-state index in [4.69, 9.17) is 4.74 Å². The molecule has 2 atom stereocenters. The van der Waals surface area contributed by atoms with E-state index in [0.29, 0.717) is 12.0 Å². The molecule has 3 rings (SSSR count). The van der Waals surface area contributed by atoms with Crippen molar-refractivity contribution in [2.75, 3.05) is 0 Å². The molecule has 0 spiro atoms. The number of ketones is 1. The molecular formula is C17H18O3. The molecular weight excluding hydrogens is 252 g/mol. The summed E-state index contributed by atoms with van der Waals surface area (Å²) in [5.74, 6) is -0.0671. The molecule has 20 heavy (non-hydrogen) atoms. The van der Waals surface area contributed by atoms with Gasteiger partial charge in [0.1, 0.15) is 6.10 Å². The fraction of sp³-hybridized carbons (Fsp3) is 0.412. The average molecular weight is 270 g/mol. The number of ether oxygens (including phenoxy) is 1. The number of fused-ring (bicyclic) bond motifs is 1. The van der Waals surface area contributed by atoms with Crippen molar-refractivity contribution in [2.24, 2.45) is 5.41 Å². The van der Waals surface area contributed by atoms with E-state index in [1.54, 1.807) is 18.2 Å². The van der Waals surface area contributed by atoms with Crippen LogP contribution in [-0.4, -0.2) is 17.9 Å². The third-order valence-corrected chi connectivity index (χ3v) is 4.60. The largest absolute Gasteiger partial charge is 0.458 e. The first-order chi connectivity index (χ1) is 9.59. The highest BCUT2D eigenvalue weighted by molar-refractivity contribution is 5.92. The predicted molar refractivity (Wildman–Crippen MR) is 75.3 cm³/mol. The number of rotatable bonds is 2. The van der Waals surface area contributed by atoms with Gasteiger partial charge in [0.15, 0.2) is 5.78 Å². The number of allylic oxidation sites excluding steroid dienone is 1. The van der Waals surface area contributed by atoms with Crippen LogP contribution in [0.5, 0.6) is 0 Å². The summed E-state index contributed by atoms with van der Waals surface area (Å²) >= 11 is 0. The maximum absolute atomic E-state index is 12.2. The van der Waals surface area contributed by atoms with Crippen LogP contribution in [0, 0.1) is 5.41 Å². The minimum absolute atomic E-state index is 0.116. The first-order valence-electron chi connectivity index (χ1n) is 7.09. The van der Waals surface area contributed by atoms with Crippen LogP contribution >= 0.6 is 0 Å². The highest BCUT2D eigenvalue weighted by Crippen LogP contribution is 2.50. The second-order valence-electron chi connectivity index (χ2n) is 5.85. The zero-order valence-corrected chi connectivity index (χ0v) is 11.6. The van der Waals surface area contributed by atoms with Gasteiger partial charge < -0.3 is 4.74 Å². The SMILES string of the molecule is C[C@]12CCC(=O)C=C1CC[C@@H]2OC(=O)c1ccccc1. The van der Waals surface area contributed by atoms with E-state index in [-0.39, 0.29) is 23.3 Å². The van der Waals surface area contributed by atoms with Crippen LogP contribution in [0.25, 0.3) is 0 Å². The van der Waals surface area contributed by atoms with E-state index < -0.39 is 0 Å². The van der Waals surface area contributed by atoms with Gasteiger partial charge in [-0.15, -0.1) is 0 Å². The Morgan fingerprint density at radius 2 is 2.00 bits per heavy atom. The summed E-state index contributed by atoms with van der Waals surface area (Å²) in [4.78, 5) is 23.7. The predicted octanol–water partition coefficient (Wildman–Crippen LogP) is 3.30. The second-order valence-corrected chi connectivity index (χ2v) is 5.85. The molecule has 0 saturated heterocycles. The lowest BCUT2D eigenvalue weighted by Gasteiger charge is -2.34. The van der Waals surface area contributed by atoms with Gasteiger partial charge in [0, 0.05) is 11.8 Å². The van der Waals surface area contributed by atoms with Crippen LogP contribution in [0.4, 0.5) is 0 Å². The molecule has 3 heteroatoms. The van der Waals surface area contributed by atoms with E-state index in [2.05, 4.69) is 6.92 Å². The van der Waals surface area contributed by atoms with Gasteiger partial charge in [0.05, 0.1) is 5.56 Å². The molecule has 3 nitrogen and oxygen atoms in total. The fourth-order valence-corrected chi connectivity index (χ4v) is 3.27. The Morgan fingerprint density at radius 1 is 1.25 bits per heavy atom. The molecule has 1 fully saturated rings. The Bertz CT molecular complexity index is 573. The van der Waals surface area contributed by atoms with Gasteiger partial charge in [0.25, 0.3) is 0 Å². The zero-order valence-electron chi connectivity index (χ0n) is 11.6. The molecule has 0 radical (unpaired) electrons. The number of hydrogen-bond donors (Lipinski definition) is 0. The van der Waals surface area contributed by atoms with Crippen LogP contribution in [0.3, 0.4) is 0 Å². The molecule has 0 unspecified atom stereocenters. The smallest absolute Gasteiger partial charge is 0.338 e. The zero-order chi connectivity index (χ0) is 14.2. The maximum Gasteiger partial charge on any atom is 0.338 e. The molecule has 1 aromatic rings. The third-order valence-electron chi connectivity index (χ3n) is 4.60. The Balaban J connectivity index is 1.78. The van der Waals surface area contributed by atoms with Crippen molar-refractivity contribution < 1.29 is 14.3 Å². The van der Waals surface area contributed by atoms with Crippen LogP contribution in [0.1, 0.15) is 43.0 Å². The summed E-state index contributed by atoms with van der Waals surface area (Å²) in [6.45, 7) is 2.11. The third kappa shape index (κ3) is 2.17. The van der Waals surface area contributed by atoms with Crippen molar-refractivity contribution in [3.05, 3.63) is 47.5 Å². The lowest BCUT2D eigenvalue weighted by molar-refractivity contribution is -0.116. The van der Waals surface area contributed by atoms with Gasteiger partial charge in [-0.2, -0.15) is 0 Å². The summed E-state index contributed by atoms with van der Waals surface area (Å²) < 4.78 is 5.71. The molecule has 0 aliphatic heterocycles. The summed E-state index contributed by atoms with van der Waals surface area (Å²) in [7, 11) is 0. The summed E-state index contributed by atoms with van der Waals surface area (Å²) in [5, 5.41) is 0. The molecule has 1 saturated carbocycles. The van der Waals surface area contributed by atoms with Crippen molar-refractivity contribution in [1.29, 1.82) is 0 Å². The van der Waals surface area contributed by atoms with Crippen LogP contribution in [-0.2, 0) is 9.53 Å². The quantitative estimate of drug-likeness (QED) is 0.774. The van der Waals surface area contributed by atoms with E-state index >= 15 is 0 Å². The molecule has 2 aliphatic rings. The maximum atomic E-state index is 12.2. The van der Waals surface area contributed by atoms with Crippen LogP contribution in [0.2, 0.25) is 0 Å². The highest BCUT2D eigenvalue weighted by atomic mass is 16.5. The summed E-state index contributed by atoms with van der Waals surface area (Å²) in [6, 6.07) is 9.07. The number of carbonyl (C=O) groups excluding carboxylic acids is 2. The first kappa shape index (κ1) is 13.1. The molecule has 0 amide bonds. The Hall–Kier alpha value is -1.90. The molecule has 0 N–H and O–H groups in total. The van der Waals surface area contributed by atoms with Crippen molar-refractivity contribution >= 4 is 11.8 Å².